The van der Waals surface area contributed by atoms with Crippen molar-refractivity contribution in [1.82, 2.24) is 15.4 Å². The number of rotatable bonds is 5. The molecule has 140 valence electrons. The van der Waals surface area contributed by atoms with Crippen molar-refractivity contribution in [3.8, 4) is 0 Å². The van der Waals surface area contributed by atoms with Gasteiger partial charge in [-0.3, -0.25) is 15.6 Å². The fourth-order valence-electron chi connectivity index (χ4n) is 2.63. The average molecular weight is 384 g/mol. The molecule has 0 aliphatic heterocycles. The first-order valence-corrected chi connectivity index (χ1v) is 9.28. The number of benzene rings is 1. The van der Waals surface area contributed by atoms with E-state index in [1.807, 2.05) is 32.9 Å². The molecule has 8 heteroatoms. The van der Waals surface area contributed by atoms with Crippen molar-refractivity contribution >= 4 is 39.2 Å². The zero-order valence-corrected chi connectivity index (χ0v) is 16.4. The molecule has 0 saturated heterocycles. The van der Waals surface area contributed by atoms with Crippen LogP contribution in [0.1, 0.15) is 43.6 Å². The summed E-state index contributed by atoms with van der Waals surface area (Å²) in [6.07, 6.45) is 1.39. The van der Waals surface area contributed by atoms with Gasteiger partial charge in [-0.05, 0) is 56.5 Å². The van der Waals surface area contributed by atoms with Crippen molar-refractivity contribution in [3.05, 3.63) is 51.7 Å². The average Bonchev–Trinajstić information content (AvgIpc) is 2.99. The second-order valence-corrected chi connectivity index (χ2v) is 7.06. The lowest BCUT2D eigenvalue weighted by Crippen LogP contribution is -2.30. The predicted octanol–water partition coefficient (Wildman–Crippen LogP) is 3.55. The number of esters is 1. The van der Waals surface area contributed by atoms with Gasteiger partial charge < -0.3 is 4.74 Å². The second-order valence-electron chi connectivity index (χ2n) is 6.06. The van der Waals surface area contributed by atoms with Gasteiger partial charge >= 0.3 is 5.97 Å². The number of hydrazine groups is 1. The SMILES string of the molecule is CCOC(=O)c1sc2ncnc(NNC(=O)c3ccc(C)c(C)c3)c2c1C. The number of amides is 1. The van der Waals surface area contributed by atoms with Crippen molar-refractivity contribution in [2.24, 2.45) is 0 Å². The molecule has 0 unspecified atom stereocenters. The Morgan fingerprint density at radius 3 is 2.63 bits per heavy atom. The van der Waals surface area contributed by atoms with Crippen molar-refractivity contribution in [3.63, 3.8) is 0 Å². The minimum atomic E-state index is -0.386. The Morgan fingerprint density at radius 2 is 1.93 bits per heavy atom. The second kappa shape index (κ2) is 7.71. The van der Waals surface area contributed by atoms with Gasteiger partial charge in [-0.2, -0.15) is 0 Å². The number of hydrogen-bond acceptors (Lipinski definition) is 7. The van der Waals surface area contributed by atoms with Crippen molar-refractivity contribution < 1.29 is 14.3 Å². The molecule has 0 aliphatic rings. The Kier molecular flexibility index (Phi) is 5.36. The van der Waals surface area contributed by atoms with Gasteiger partial charge in [0.15, 0.2) is 5.82 Å². The summed E-state index contributed by atoms with van der Waals surface area (Å²) in [6.45, 7) is 7.82. The minimum Gasteiger partial charge on any atom is -0.462 e. The predicted molar refractivity (Wildman–Crippen MR) is 105 cm³/mol. The Morgan fingerprint density at radius 1 is 1.15 bits per heavy atom. The third-order valence-electron chi connectivity index (χ3n) is 4.25. The fraction of sp³-hybridized carbons (Fsp3) is 0.263. The molecule has 1 amide bonds. The monoisotopic (exact) mass is 384 g/mol. The first-order chi connectivity index (χ1) is 12.9. The molecular formula is C19H20N4O3S. The van der Waals surface area contributed by atoms with Crippen molar-refractivity contribution in [2.75, 3.05) is 12.0 Å². The maximum atomic E-state index is 12.4. The largest absolute Gasteiger partial charge is 0.462 e. The van der Waals surface area contributed by atoms with Crippen LogP contribution in [0.2, 0.25) is 0 Å². The van der Waals surface area contributed by atoms with Crippen LogP contribution in [0.15, 0.2) is 24.5 Å². The number of nitrogens with zero attached hydrogens (tertiary/aromatic N) is 2. The third-order valence-corrected chi connectivity index (χ3v) is 5.43. The highest BCUT2D eigenvalue weighted by molar-refractivity contribution is 7.20. The van der Waals surface area contributed by atoms with Crippen LogP contribution in [0.25, 0.3) is 10.2 Å². The van der Waals surface area contributed by atoms with E-state index in [-0.39, 0.29) is 11.9 Å². The minimum absolute atomic E-state index is 0.275. The van der Waals surface area contributed by atoms with E-state index in [0.29, 0.717) is 33.1 Å². The molecule has 0 fully saturated rings. The molecule has 7 nitrogen and oxygen atoms in total. The van der Waals surface area contributed by atoms with E-state index < -0.39 is 0 Å². The van der Waals surface area contributed by atoms with E-state index in [2.05, 4.69) is 20.8 Å². The molecule has 1 aromatic carbocycles. The third kappa shape index (κ3) is 3.75. The summed E-state index contributed by atoms with van der Waals surface area (Å²) >= 11 is 1.24. The number of aromatic nitrogens is 2. The highest BCUT2D eigenvalue weighted by atomic mass is 32.1. The van der Waals surface area contributed by atoms with E-state index in [4.69, 9.17) is 4.74 Å². The van der Waals surface area contributed by atoms with Gasteiger partial charge in [0.1, 0.15) is 16.0 Å². The lowest BCUT2D eigenvalue weighted by atomic mass is 10.1. The van der Waals surface area contributed by atoms with Gasteiger partial charge in [-0.25, -0.2) is 14.8 Å². The highest BCUT2D eigenvalue weighted by Crippen LogP contribution is 2.33. The maximum Gasteiger partial charge on any atom is 0.348 e. The van der Waals surface area contributed by atoms with Crippen LogP contribution in [-0.2, 0) is 4.74 Å². The summed E-state index contributed by atoms with van der Waals surface area (Å²) in [5, 5.41) is 0.686. The van der Waals surface area contributed by atoms with Gasteiger partial charge in [0.25, 0.3) is 5.91 Å². The lowest BCUT2D eigenvalue weighted by Gasteiger charge is -2.10. The maximum absolute atomic E-state index is 12.4. The van der Waals surface area contributed by atoms with Crippen LogP contribution in [0, 0.1) is 20.8 Å². The molecule has 0 aliphatic carbocycles. The van der Waals surface area contributed by atoms with E-state index >= 15 is 0 Å². The van der Waals surface area contributed by atoms with Gasteiger partial charge in [-0.15, -0.1) is 11.3 Å². The van der Waals surface area contributed by atoms with Crippen LogP contribution < -0.4 is 10.9 Å². The number of anilines is 1. The summed E-state index contributed by atoms with van der Waals surface area (Å²) in [5.74, 6) is -0.229. The molecule has 2 aromatic heterocycles. The molecule has 0 radical (unpaired) electrons. The van der Waals surface area contributed by atoms with Crippen LogP contribution >= 0.6 is 11.3 Å². The molecule has 27 heavy (non-hydrogen) atoms. The summed E-state index contributed by atoms with van der Waals surface area (Å²) in [5.41, 5.74) is 8.93. The van der Waals surface area contributed by atoms with Gasteiger partial charge in [-0.1, -0.05) is 6.07 Å². The number of nitrogens with one attached hydrogen (secondary N) is 2. The van der Waals surface area contributed by atoms with E-state index in [9.17, 15) is 9.59 Å². The number of aryl methyl sites for hydroxylation is 3. The molecule has 2 N–H and O–H groups in total. The molecule has 0 bridgehead atoms. The van der Waals surface area contributed by atoms with E-state index in [1.165, 1.54) is 17.7 Å². The summed E-state index contributed by atoms with van der Waals surface area (Å²) in [4.78, 5) is 34.1. The number of fused-ring (bicyclic) bond motifs is 1. The molecule has 3 aromatic rings. The Balaban J connectivity index is 1.85. The normalized spacial score (nSPS) is 10.7. The van der Waals surface area contributed by atoms with Gasteiger partial charge in [0.05, 0.1) is 12.0 Å². The Hall–Kier alpha value is -3.00. The molecule has 3 rings (SSSR count). The van der Waals surface area contributed by atoms with Crippen LogP contribution in [0.4, 0.5) is 5.82 Å². The van der Waals surface area contributed by atoms with Crippen molar-refractivity contribution in [1.29, 1.82) is 0 Å². The molecule has 2 heterocycles. The number of carbonyl (C=O) groups is 2. The first kappa shape index (κ1) is 18.8. The highest BCUT2D eigenvalue weighted by Gasteiger charge is 2.20. The zero-order valence-electron chi connectivity index (χ0n) is 15.5. The fourth-order valence-corrected chi connectivity index (χ4v) is 3.67. The topological polar surface area (TPSA) is 93.2 Å². The summed E-state index contributed by atoms with van der Waals surface area (Å²) < 4.78 is 5.09. The number of ether oxygens (including phenoxy) is 1. The smallest absolute Gasteiger partial charge is 0.348 e. The number of carbonyl (C=O) groups excluding carboxylic acids is 2. The number of thiophene rings is 1. The Bertz CT molecular complexity index is 1030. The molecular weight excluding hydrogens is 364 g/mol. The molecule has 0 saturated carbocycles. The summed E-state index contributed by atoms with van der Waals surface area (Å²) in [7, 11) is 0. The van der Waals surface area contributed by atoms with Crippen molar-refractivity contribution in [2.45, 2.75) is 27.7 Å². The lowest BCUT2D eigenvalue weighted by molar-refractivity contribution is 0.0531. The van der Waals surface area contributed by atoms with E-state index in [0.717, 1.165) is 16.7 Å². The Labute approximate surface area is 160 Å². The van der Waals surface area contributed by atoms with Gasteiger partial charge in [0.2, 0.25) is 0 Å². The van der Waals surface area contributed by atoms with Crippen LogP contribution in [-0.4, -0.2) is 28.5 Å². The molecule has 0 atom stereocenters. The number of hydrogen-bond donors (Lipinski definition) is 2. The van der Waals surface area contributed by atoms with E-state index in [1.54, 1.807) is 13.0 Å². The van der Waals surface area contributed by atoms with Crippen LogP contribution in [0.3, 0.4) is 0 Å². The van der Waals surface area contributed by atoms with Gasteiger partial charge in [0, 0.05) is 5.56 Å². The van der Waals surface area contributed by atoms with Crippen LogP contribution in [0.5, 0.6) is 0 Å². The first-order valence-electron chi connectivity index (χ1n) is 8.47. The summed E-state index contributed by atoms with van der Waals surface area (Å²) in [6, 6.07) is 5.50. The molecule has 0 spiro atoms. The quantitative estimate of drug-likeness (QED) is 0.516. The standard InChI is InChI=1S/C19H20N4O3S/c1-5-26-19(25)15-12(4)14-16(20-9-21-18(14)27-15)22-23-17(24)13-7-6-10(2)11(3)8-13/h6-9H,5H2,1-4H3,(H,23,24)(H,20,21,22). The zero-order chi connectivity index (χ0) is 19.6.